The molecule has 1 saturated heterocycles. The van der Waals surface area contributed by atoms with E-state index >= 15 is 0 Å². The lowest BCUT2D eigenvalue weighted by Gasteiger charge is -2.30. The summed E-state index contributed by atoms with van der Waals surface area (Å²) in [5.74, 6) is -0.258. The van der Waals surface area contributed by atoms with Crippen LogP contribution in [0.25, 0.3) is 11.0 Å². The third-order valence-corrected chi connectivity index (χ3v) is 9.53. The van der Waals surface area contributed by atoms with E-state index in [0.29, 0.717) is 42.6 Å². The van der Waals surface area contributed by atoms with Crippen molar-refractivity contribution in [2.45, 2.75) is 37.2 Å². The molecule has 4 heterocycles. The zero-order chi connectivity index (χ0) is 29.4. The van der Waals surface area contributed by atoms with E-state index in [-0.39, 0.29) is 29.1 Å². The Balaban J connectivity index is 1.32. The molecule has 17 heteroatoms. The number of carbonyl (C=O) groups excluding carboxylic acids is 1. The molecule has 3 aromatic heterocycles. The van der Waals surface area contributed by atoms with E-state index in [2.05, 4.69) is 30.7 Å². The molecule has 216 valence electrons. The number of aryl methyl sites for hydroxylation is 1. The fraction of sp³-hybridized carbons (Fsp3) is 0.333. The number of piperidine rings is 1. The number of nitrogens with one attached hydrogen (secondary N) is 2. The van der Waals surface area contributed by atoms with E-state index in [1.54, 1.807) is 19.2 Å². The Morgan fingerprint density at radius 2 is 1.85 bits per heavy atom. The third kappa shape index (κ3) is 6.10. The molecule has 0 radical (unpaired) electrons. The number of hydrogen-bond acceptors (Lipinski definition) is 11. The zero-order valence-corrected chi connectivity index (χ0v) is 23.8. The number of sulfonamides is 1. The third-order valence-electron chi connectivity index (χ3n) is 6.69. The van der Waals surface area contributed by atoms with Crippen LogP contribution in [0.2, 0.25) is 0 Å². The van der Waals surface area contributed by atoms with Gasteiger partial charge in [-0.25, -0.2) is 22.7 Å². The number of carbonyl (C=O) groups is 1. The van der Waals surface area contributed by atoms with Gasteiger partial charge in [0.05, 0.1) is 11.2 Å². The summed E-state index contributed by atoms with van der Waals surface area (Å²) in [6, 6.07) is 7.04. The number of amides is 1. The van der Waals surface area contributed by atoms with Crippen LogP contribution in [0, 0.1) is 6.92 Å². The van der Waals surface area contributed by atoms with E-state index in [1.807, 2.05) is 0 Å². The number of pyridine rings is 1. The zero-order valence-electron chi connectivity index (χ0n) is 22.1. The Morgan fingerprint density at radius 3 is 2.51 bits per heavy atom. The molecule has 0 unspecified atom stereocenters. The Bertz CT molecular complexity index is 1880. The summed E-state index contributed by atoms with van der Waals surface area (Å²) in [7, 11) is -7.18. The second kappa shape index (κ2) is 11.0. The maximum absolute atomic E-state index is 13.0. The maximum Gasteiger partial charge on any atom is 0.284 e. The molecule has 1 amide bonds. The monoisotopic (exact) mass is 601 g/mol. The highest BCUT2D eigenvalue weighted by atomic mass is 32.2. The van der Waals surface area contributed by atoms with Crippen molar-refractivity contribution in [3.8, 4) is 0 Å². The first kappa shape index (κ1) is 28.3. The number of nitrogens with zero attached hydrogens (tertiary/aromatic N) is 7. The first-order chi connectivity index (χ1) is 19.4. The van der Waals surface area contributed by atoms with E-state index in [0.717, 1.165) is 16.7 Å². The number of hydrogen-bond donors (Lipinski definition) is 2. The van der Waals surface area contributed by atoms with Crippen LogP contribution >= 0.6 is 0 Å². The Labute approximate surface area is 235 Å². The van der Waals surface area contributed by atoms with Crippen molar-refractivity contribution in [3.05, 3.63) is 65.1 Å². The van der Waals surface area contributed by atoms with E-state index < -0.39 is 31.5 Å². The van der Waals surface area contributed by atoms with Gasteiger partial charge in [0, 0.05) is 42.5 Å². The molecule has 5 rings (SSSR count). The number of rotatable bonds is 8. The molecule has 0 aliphatic carbocycles. The summed E-state index contributed by atoms with van der Waals surface area (Å²) in [5, 5.41) is 10.1. The van der Waals surface area contributed by atoms with Crippen LogP contribution in [0.15, 0.2) is 58.9 Å². The summed E-state index contributed by atoms with van der Waals surface area (Å²) in [6.07, 6.45) is 6.05. The van der Waals surface area contributed by atoms with Crippen molar-refractivity contribution in [1.29, 1.82) is 0 Å². The van der Waals surface area contributed by atoms with Gasteiger partial charge in [0.2, 0.25) is 21.9 Å². The standard InChI is InChI=1S/C24H27N9O6S2/c1-16-11-19(41(38,39)33-15-25-14-27-33)4-5-20(16)29-21(34)13-32-22(35)6-3-17-12-26-24(30-23(17)32)28-18-7-9-31(10-8-18)40(2,36)37/h3-6,11-12,14-15,18H,7-10,13H2,1-2H3,(H,29,34)(H,26,28,30). The van der Waals surface area contributed by atoms with Crippen LogP contribution in [-0.2, 0) is 31.4 Å². The highest BCUT2D eigenvalue weighted by molar-refractivity contribution is 7.89. The van der Waals surface area contributed by atoms with Gasteiger partial charge in [0.25, 0.3) is 15.6 Å². The SMILES string of the molecule is Cc1cc(S(=O)(=O)n2cncn2)ccc1NC(=O)Cn1c(=O)ccc2cnc(NC3CCN(S(C)(=O)=O)CC3)nc21. The van der Waals surface area contributed by atoms with Gasteiger partial charge in [0.15, 0.2) is 0 Å². The fourth-order valence-electron chi connectivity index (χ4n) is 4.51. The summed E-state index contributed by atoms with van der Waals surface area (Å²) in [6.45, 7) is 2.05. The molecule has 15 nitrogen and oxygen atoms in total. The molecule has 1 aromatic carbocycles. The fourth-order valence-corrected chi connectivity index (χ4v) is 6.51. The number of anilines is 2. The quantitative estimate of drug-likeness (QED) is 0.284. The molecule has 0 saturated carbocycles. The van der Waals surface area contributed by atoms with Crippen molar-refractivity contribution in [2.24, 2.45) is 0 Å². The Morgan fingerprint density at radius 1 is 1.10 bits per heavy atom. The van der Waals surface area contributed by atoms with Gasteiger partial charge < -0.3 is 10.6 Å². The molecular formula is C24H27N9O6S2. The van der Waals surface area contributed by atoms with Gasteiger partial charge in [-0.05, 0) is 49.6 Å². The molecule has 41 heavy (non-hydrogen) atoms. The van der Waals surface area contributed by atoms with Crippen LogP contribution in [0.5, 0.6) is 0 Å². The smallest absolute Gasteiger partial charge is 0.284 e. The highest BCUT2D eigenvalue weighted by Crippen LogP contribution is 2.22. The van der Waals surface area contributed by atoms with Crippen LogP contribution in [-0.4, -0.2) is 81.1 Å². The van der Waals surface area contributed by atoms with E-state index in [4.69, 9.17) is 0 Å². The second-order valence-electron chi connectivity index (χ2n) is 9.61. The van der Waals surface area contributed by atoms with Crippen LogP contribution < -0.4 is 16.2 Å². The highest BCUT2D eigenvalue weighted by Gasteiger charge is 2.25. The summed E-state index contributed by atoms with van der Waals surface area (Å²) in [5.41, 5.74) is 0.674. The number of benzene rings is 1. The number of aromatic nitrogens is 6. The van der Waals surface area contributed by atoms with Crippen LogP contribution in [0.4, 0.5) is 11.6 Å². The van der Waals surface area contributed by atoms with Crippen molar-refractivity contribution in [2.75, 3.05) is 30.0 Å². The van der Waals surface area contributed by atoms with Gasteiger partial charge in [-0.1, -0.05) is 0 Å². The predicted octanol–water partition coefficient (Wildman–Crippen LogP) is 0.403. The maximum atomic E-state index is 13.0. The van der Waals surface area contributed by atoms with Crippen molar-refractivity contribution in [3.63, 3.8) is 0 Å². The van der Waals surface area contributed by atoms with E-state index in [9.17, 15) is 26.4 Å². The lowest BCUT2D eigenvalue weighted by molar-refractivity contribution is -0.116. The Hall–Kier alpha value is -4.22. The van der Waals surface area contributed by atoms with Gasteiger partial charge in [-0.3, -0.25) is 14.2 Å². The van der Waals surface area contributed by atoms with Crippen molar-refractivity contribution in [1.82, 2.24) is 33.0 Å². The molecule has 1 aliphatic rings. The Kier molecular flexibility index (Phi) is 7.58. The minimum Gasteiger partial charge on any atom is -0.351 e. The normalized spacial score (nSPS) is 15.2. The molecule has 2 N–H and O–H groups in total. The van der Waals surface area contributed by atoms with Crippen LogP contribution in [0.3, 0.4) is 0 Å². The molecule has 1 aliphatic heterocycles. The first-order valence-corrected chi connectivity index (χ1v) is 15.8. The van der Waals surface area contributed by atoms with Gasteiger partial charge in [0.1, 0.15) is 24.8 Å². The lowest BCUT2D eigenvalue weighted by Crippen LogP contribution is -2.42. The average Bonchev–Trinajstić information content (AvgIpc) is 3.48. The molecule has 1 fully saturated rings. The van der Waals surface area contributed by atoms with Gasteiger partial charge in [-0.15, -0.1) is 9.19 Å². The van der Waals surface area contributed by atoms with Gasteiger partial charge >= 0.3 is 0 Å². The summed E-state index contributed by atoms with van der Waals surface area (Å²) in [4.78, 5) is 38.2. The summed E-state index contributed by atoms with van der Waals surface area (Å²) < 4.78 is 52.3. The molecular weight excluding hydrogens is 574 g/mol. The first-order valence-electron chi connectivity index (χ1n) is 12.5. The lowest BCUT2D eigenvalue weighted by atomic mass is 10.1. The minimum absolute atomic E-state index is 0.0255. The largest absolute Gasteiger partial charge is 0.351 e. The predicted molar refractivity (Wildman–Crippen MR) is 149 cm³/mol. The topological polar surface area (TPSA) is 191 Å². The average molecular weight is 602 g/mol. The molecule has 0 atom stereocenters. The second-order valence-corrected chi connectivity index (χ2v) is 13.4. The van der Waals surface area contributed by atoms with E-state index in [1.165, 1.54) is 39.4 Å². The van der Waals surface area contributed by atoms with Crippen molar-refractivity contribution < 1.29 is 21.6 Å². The summed E-state index contributed by atoms with van der Waals surface area (Å²) >= 11 is 0. The van der Waals surface area contributed by atoms with Crippen molar-refractivity contribution >= 4 is 48.6 Å². The number of fused-ring (bicyclic) bond motifs is 1. The van der Waals surface area contributed by atoms with Gasteiger partial charge in [-0.2, -0.15) is 13.4 Å². The van der Waals surface area contributed by atoms with Crippen LogP contribution in [0.1, 0.15) is 18.4 Å². The molecule has 4 aromatic rings. The molecule has 0 spiro atoms. The minimum atomic E-state index is -3.93. The molecule has 0 bridgehead atoms.